The molecule has 0 radical (unpaired) electrons. The van der Waals surface area contributed by atoms with E-state index in [1.165, 1.54) is 10.5 Å². The first-order valence-electron chi connectivity index (χ1n) is 7.34. The Balaban J connectivity index is 2.09. The van der Waals surface area contributed by atoms with Gasteiger partial charge in [-0.2, -0.15) is 11.8 Å². The number of piperidine rings is 1. The maximum Gasteiger partial charge on any atom is 0.326 e. The molecule has 1 saturated heterocycles. The number of rotatable bonds is 5. The Morgan fingerprint density at radius 1 is 1.29 bits per heavy atom. The SMILES string of the molecule is CCSCc1ccc(C(=O)N2CCCCC2C(=O)O)cc1. The van der Waals surface area contributed by atoms with Crippen LogP contribution < -0.4 is 0 Å². The van der Waals surface area contributed by atoms with E-state index in [0.717, 1.165) is 24.3 Å². The maximum absolute atomic E-state index is 12.5. The van der Waals surface area contributed by atoms with Crippen molar-refractivity contribution in [2.75, 3.05) is 12.3 Å². The first kappa shape index (κ1) is 15.9. The summed E-state index contributed by atoms with van der Waals surface area (Å²) in [6.07, 6.45) is 2.29. The lowest BCUT2D eigenvalue weighted by Gasteiger charge is -2.33. The molecule has 21 heavy (non-hydrogen) atoms. The van der Waals surface area contributed by atoms with Crippen LogP contribution in [0.1, 0.15) is 42.1 Å². The number of benzene rings is 1. The molecule has 1 fully saturated rings. The van der Waals surface area contributed by atoms with Gasteiger partial charge in [-0.1, -0.05) is 19.1 Å². The zero-order valence-electron chi connectivity index (χ0n) is 12.2. The molecule has 0 aromatic heterocycles. The van der Waals surface area contributed by atoms with Crippen molar-refractivity contribution in [2.45, 2.75) is 38.0 Å². The molecule has 1 N–H and O–H groups in total. The molecule has 0 aliphatic carbocycles. The standard InChI is InChI=1S/C16H21NO3S/c1-2-21-11-12-6-8-13(9-7-12)15(18)17-10-4-3-5-14(17)16(19)20/h6-9,14H,2-5,10-11H2,1H3,(H,19,20). The first-order chi connectivity index (χ1) is 10.1. The molecular formula is C16H21NO3S. The number of hydrogen-bond acceptors (Lipinski definition) is 3. The summed E-state index contributed by atoms with van der Waals surface area (Å²) in [5.74, 6) is 0.928. The van der Waals surface area contributed by atoms with Gasteiger partial charge in [-0.05, 0) is 42.7 Å². The lowest BCUT2D eigenvalue weighted by atomic mass is 10.0. The van der Waals surface area contributed by atoms with E-state index in [1.807, 2.05) is 23.9 Å². The van der Waals surface area contributed by atoms with Gasteiger partial charge in [0.05, 0.1) is 0 Å². The van der Waals surface area contributed by atoms with E-state index in [1.54, 1.807) is 12.1 Å². The first-order valence-corrected chi connectivity index (χ1v) is 8.49. The highest BCUT2D eigenvalue weighted by atomic mass is 32.2. The monoisotopic (exact) mass is 307 g/mol. The largest absolute Gasteiger partial charge is 0.480 e. The van der Waals surface area contributed by atoms with E-state index in [0.29, 0.717) is 18.5 Å². The summed E-state index contributed by atoms with van der Waals surface area (Å²) in [5.41, 5.74) is 1.76. The van der Waals surface area contributed by atoms with Crippen molar-refractivity contribution in [2.24, 2.45) is 0 Å². The third kappa shape index (κ3) is 4.00. The molecule has 4 nitrogen and oxygen atoms in total. The molecule has 5 heteroatoms. The number of carboxylic acids is 1. The Kier molecular flexibility index (Phi) is 5.67. The number of likely N-dealkylation sites (tertiary alicyclic amines) is 1. The molecular weight excluding hydrogens is 286 g/mol. The van der Waals surface area contributed by atoms with Crippen molar-refractivity contribution in [1.29, 1.82) is 0 Å². The third-order valence-corrected chi connectivity index (χ3v) is 4.67. The van der Waals surface area contributed by atoms with Gasteiger partial charge in [-0.25, -0.2) is 4.79 Å². The lowest BCUT2D eigenvalue weighted by molar-refractivity contribution is -0.143. The van der Waals surface area contributed by atoms with E-state index >= 15 is 0 Å². The summed E-state index contributed by atoms with van der Waals surface area (Å²) < 4.78 is 0. The molecule has 114 valence electrons. The summed E-state index contributed by atoms with van der Waals surface area (Å²) in [4.78, 5) is 25.3. The van der Waals surface area contributed by atoms with Gasteiger partial charge in [0.25, 0.3) is 5.91 Å². The van der Waals surface area contributed by atoms with Gasteiger partial charge >= 0.3 is 5.97 Å². The van der Waals surface area contributed by atoms with E-state index in [9.17, 15) is 14.7 Å². The van der Waals surface area contributed by atoms with Gasteiger partial charge < -0.3 is 10.0 Å². The second-order valence-electron chi connectivity index (χ2n) is 5.18. The Morgan fingerprint density at radius 2 is 2.00 bits per heavy atom. The summed E-state index contributed by atoms with van der Waals surface area (Å²) in [6.45, 7) is 2.65. The van der Waals surface area contributed by atoms with Crippen LogP contribution in [0.4, 0.5) is 0 Å². The minimum absolute atomic E-state index is 0.170. The van der Waals surface area contributed by atoms with Gasteiger partial charge in [0.2, 0.25) is 0 Å². The molecule has 2 rings (SSSR count). The molecule has 1 atom stereocenters. The average Bonchev–Trinajstić information content (AvgIpc) is 2.52. The van der Waals surface area contributed by atoms with E-state index in [2.05, 4.69) is 6.92 Å². The highest BCUT2D eigenvalue weighted by Gasteiger charge is 2.32. The summed E-state index contributed by atoms with van der Waals surface area (Å²) in [5, 5.41) is 9.25. The van der Waals surface area contributed by atoms with Crippen molar-refractivity contribution in [1.82, 2.24) is 4.90 Å². The van der Waals surface area contributed by atoms with E-state index < -0.39 is 12.0 Å². The van der Waals surface area contributed by atoms with Crippen LogP contribution in [0.5, 0.6) is 0 Å². The molecule has 0 saturated carbocycles. The van der Waals surface area contributed by atoms with Gasteiger partial charge in [-0.15, -0.1) is 0 Å². The molecule has 1 heterocycles. The fraction of sp³-hybridized carbons (Fsp3) is 0.500. The van der Waals surface area contributed by atoms with Crippen molar-refractivity contribution in [3.8, 4) is 0 Å². The number of carbonyl (C=O) groups excluding carboxylic acids is 1. The fourth-order valence-electron chi connectivity index (χ4n) is 2.56. The number of nitrogens with zero attached hydrogens (tertiary/aromatic N) is 1. The van der Waals surface area contributed by atoms with Gasteiger partial charge in [0.15, 0.2) is 0 Å². The summed E-state index contributed by atoms with van der Waals surface area (Å²) in [7, 11) is 0. The number of aliphatic carboxylic acids is 1. The molecule has 1 aromatic rings. The molecule has 0 bridgehead atoms. The van der Waals surface area contributed by atoms with Crippen molar-refractivity contribution >= 4 is 23.6 Å². The number of carboxylic acid groups (broad SMARTS) is 1. The molecule has 1 aromatic carbocycles. The zero-order valence-corrected chi connectivity index (χ0v) is 13.1. The second kappa shape index (κ2) is 7.50. The second-order valence-corrected chi connectivity index (χ2v) is 6.46. The highest BCUT2D eigenvalue weighted by Crippen LogP contribution is 2.21. The highest BCUT2D eigenvalue weighted by molar-refractivity contribution is 7.98. The smallest absolute Gasteiger partial charge is 0.326 e. The maximum atomic E-state index is 12.5. The summed E-state index contributed by atoms with van der Waals surface area (Å²) in [6, 6.07) is 6.84. The van der Waals surface area contributed by atoms with Crippen LogP contribution in [0.25, 0.3) is 0 Å². The Morgan fingerprint density at radius 3 is 2.62 bits per heavy atom. The number of carbonyl (C=O) groups is 2. The van der Waals surface area contributed by atoms with E-state index in [4.69, 9.17) is 0 Å². The molecule has 1 aliphatic heterocycles. The summed E-state index contributed by atoms with van der Waals surface area (Å²) >= 11 is 1.83. The Labute approximate surface area is 129 Å². The number of hydrogen-bond donors (Lipinski definition) is 1. The molecule has 0 spiro atoms. The molecule has 1 aliphatic rings. The third-order valence-electron chi connectivity index (χ3n) is 3.72. The minimum Gasteiger partial charge on any atom is -0.480 e. The van der Waals surface area contributed by atoms with Crippen molar-refractivity contribution < 1.29 is 14.7 Å². The normalized spacial score (nSPS) is 18.5. The molecule has 1 amide bonds. The Bertz CT molecular complexity index is 501. The van der Waals surface area contributed by atoms with Gasteiger partial charge in [0, 0.05) is 17.9 Å². The van der Waals surface area contributed by atoms with Gasteiger partial charge in [-0.3, -0.25) is 4.79 Å². The van der Waals surface area contributed by atoms with Crippen LogP contribution in [0.15, 0.2) is 24.3 Å². The van der Waals surface area contributed by atoms with Crippen LogP contribution in [0, 0.1) is 0 Å². The van der Waals surface area contributed by atoms with Crippen LogP contribution in [-0.2, 0) is 10.5 Å². The average molecular weight is 307 g/mol. The predicted molar refractivity (Wildman–Crippen MR) is 84.6 cm³/mol. The van der Waals surface area contributed by atoms with Crippen LogP contribution in [0.3, 0.4) is 0 Å². The molecule has 1 unspecified atom stereocenters. The van der Waals surface area contributed by atoms with Gasteiger partial charge in [0.1, 0.15) is 6.04 Å². The predicted octanol–water partition coefficient (Wildman–Crippen LogP) is 3.02. The van der Waals surface area contributed by atoms with Crippen molar-refractivity contribution in [3.05, 3.63) is 35.4 Å². The van der Waals surface area contributed by atoms with Crippen LogP contribution >= 0.6 is 11.8 Å². The topological polar surface area (TPSA) is 57.6 Å². The van der Waals surface area contributed by atoms with E-state index in [-0.39, 0.29) is 5.91 Å². The quantitative estimate of drug-likeness (QED) is 0.908. The Hall–Kier alpha value is -1.49. The minimum atomic E-state index is -0.904. The van der Waals surface area contributed by atoms with Crippen molar-refractivity contribution in [3.63, 3.8) is 0 Å². The van der Waals surface area contributed by atoms with Crippen LogP contribution in [-0.4, -0.2) is 40.2 Å². The number of amides is 1. The number of thioether (sulfide) groups is 1. The zero-order chi connectivity index (χ0) is 15.2. The lowest BCUT2D eigenvalue weighted by Crippen LogP contribution is -2.47. The fourth-order valence-corrected chi connectivity index (χ4v) is 3.19. The van der Waals surface area contributed by atoms with Crippen LogP contribution in [0.2, 0.25) is 0 Å².